The average molecular weight is 316 g/mol. The fourth-order valence-electron chi connectivity index (χ4n) is 2.73. The van der Waals surface area contributed by atoms with Gasteiger partial charge in [0.1, 0.15) is 0 Å². The molecule has 1 atom stereocenters. The molecule has 3 aromatic rings. The van der Waals surface area contributed by atoms with E-state index in [2.05, 4.69) is 48.6 Å². The molecule has 1 aromatic heterocycles. The van der Waals surface area contributed by atoms with Gasteiger partial charge in [-0.2, -0.15) is 0 Å². The van der Waals surface area contributed by atoms with Gasteiger partial charge in [-0.25, -0.2) is 0 Å². The normalized spacial score (nSPS) is 12.7. The van der Waals surface area contributed by atoms with Crippen molar-refractivity contribution in [2.75, 3.05) is 7.05 Å². The molecule has 1 nitrogen and oxygen atoms in total. The molecule has 1 heterocycles. The summed E-state index contributed by atoms with van der Waals surface area (Å²) in [6, 6.07) is 17.1. The third kappa shape index (κ3) is 2.71. The van der Waals surface area contributed by atoms with Crippen LogP contribution in [0.5, 0.6) is 0 Å². The van der Waals surface area contributed by atoms with E-state index in [0.717, 1.165) is 16.8 Å². The fourth-order valence-corrected chi connectivity index (χ4v) is 4.04. The number of thiophene rings is 1. The van der Waals surface area contributed by atoms with Gasteiger partial charge in [0.05, 0.1) is 6.04 Å². The Kier molecular flexibility index (Phi) is 4.29. The topological polar surface area (TPSA) is 12.0 Å². The maximum atomic E-state index is 6.33. The molecule has 0 fully saturated rings. The van der Waals surface area contributed by atoms with Crippen LogP contribution < -0.4 is 5.32 Å². The standard InChI is InChI=1S/C18H18ClNS/c1-3-12-8-11-17(21-12)18(20-2)15-9-10-16(19)14-7-5-4-6-13(14)15/h4-11,18,20H,3H2,1-2H3. The minimum absolute atomic E-state index is 0.206. The zero-order valence-electron chi connectivity index (χ0n) is 12.2. The molecule has 1 unspecified atom stereocenters. The van der Waals surface area contributed by atoms with Gasteiger partial charge in [0.15, 0.2) is 0 Å². The van der Waals surface area contributed by atoms with E-state index in [1.54, 1.807) is 0 Å². The van der Waals surface area contributed by atoms with Crippen molar-refractivity contribution >= 4 is 33.7 Å². The summed E-state index contributed by atoms with van der Waals surface area (Å²) in [5, 5.41) is 6.59. The molecular weight excluding hydrogens is 298 g/mol. The lowest BCUT2D eigenvalue weighted by molar-refractivity contribution is 0.709. The van der Waals surface area contributed by atoms with Crippen LogP contribution >= 0.6 is 22.9 Å². The van der Waals surface area contributed by atoms with E-state index >= 15 is 0 Å². The number of benzene rings is 2. The van der Waals surface area contributed by atoms with Gasteiger partial charge >= 0.3 is 0 Å². The summed E-state index contributed by atoms with van der Waals surface area (Å²) in [6.45, 7) is 2.20. The van der Waals surface area contributed by atoms with Crippen LogP contribution in [0.4, 0.5) is 0 Å². The maximum Gasteiger partial charge on any atom is 0.0674 e. The Bertz CT molecular complexity index is 763. The van der Waals surface area contributed by atoms with Crippen molar-refractivity contribution in [3.8, 4) is 0 Å². The van der Waals surface area contributed by atoms with E-state index in [0.29, 0.717) is 0 Å². The molecule has 3 heteroatoms. The fraction of sp³-hybridized carbons (Fsp3) is 0.222. The highest BCUT2D eigenvalue weighted by Gasteiger charge is 2.17. The highest BCUT2D eigenvalue weighted by atomic mass is 35.5. The number of nitrogens with one attached hydrogen (secondary N) is 1. The lowest BCUT2D eigenvalue weighted by Crippen LogP contribution is -2.16. The van der Waals surface area contributed by atoms with Crippen LogP contribution in [0.15, 0.2) is 48.5 Å². The van der Waals surface area contributed by atoms with Gasteiger partial charge in [-0.3, -0.25) is 0 Å². The van der Waals surface area contributed by atoms with Crippen molar-refractivity contribution in [1.29, 1.82) is 0 Å². The Morgan fingerprint density at radius 1 is 1.05 bits per heavy atom. The van der Waals surface area contributed by atoms with Crippen LogP contribution in [0.25, 0.3) is 10.8 Å². The number of fused-ring (bicyclic) bond motifs is 1. The summed E-state index contributed by atoms with van der Waals surface area (Å²) in [6.07, 6.45) is 1.09. The Labute approximate surface area is 134 Å². The molecule has 3 rings (SSSR count). The van der Waals surface area contributed by atoms with Crippen molar-refractivity contribution < 1.29 is 0 Å². The zero-order chi connectivity index (χ0) is 14.8. The summed E-state index contributed by atoms with van der Waals surface area (Å²) >= 11 is 8.21. The van der Waals surface area contributed by atoms with Crippen LogP contribution in [-0.4, -0.2) is 7.05 Å². The molecule has 108 valence electrons. The molecule has 0 amide bonds. The lowest BCUT2D eigenvalue weighted by atomic mass is 9.98. The van der Waals surface area contributed by atoms with Gasteiger partial charge in [0, 0.05) is 20.2 Å². The van der Waals surface area contributed by atoms with Crippen LogP contribution in [0.3, 0.4) is 0 Å². The van der Waals surface area contributed by atoms with Crippen molar-refractivity contribution in [2.45, 2.75) is 19.4 Å². The number of rotatable bonds is 4. The molecule has 0 aliphatic carbocycles. The van der Waals surface area contributed by atoms with Crippen molar-refractivity contribution in [2.24, 2.45) is 0 Å². The Morgan fingerprint density at radius 2 is 1.81 bits per heavy atom. The number of hydrogen-bond acceptors (Lipinski definition) is 2. The van der Waals surface area contributed by atoms with E-state index in [1.807, 2.05) is 30.5 Å². The minimum Gasteiger partial charge on any atom is -0.309 e. The van der Waals surface area contributed by atoms with Gasteiger partial charge in [-0.1, -0.05) is 48.9 Å². The van der Waals surface area contributed by atoms with Crippen LogP contribution in [0, 0.1) is 0 Å². The van der Waals surface area contributed by atoms with Gasteiger partial charge < -0.3 is 5.32 Å². The molecule has 0 aliphatic rings. The third-order valence-electron chi connectivity index (χ3n) is 3.82. The number of aryl methyl sites for hydroxylation is 1. The second kappa shape index (κ2) is 6.18. The molecule has 0 bridgehead atoms. The molecule has 1 N–H and O–H groups in total. The van der Waals surface area contributed by atoms with Gasteiger partial charge in [0.25, 0.3) is 0 Å². The molecule has 0 radical (unpaired) electrons. The van der Waals surface area contributed by atoms with Crippen LogP contribution in [0.2, 0.25) is 5.02 Å². The predicted molar refractivity (Wildman–Crippen MR) is 93.6 cm³/mol. The van der Waals surface area contributed by atoms with Crippen molar-refractivity contribution in [1.82, 2.24) is 5.32 Å². The Balaban J connectivity index is 2.15. The first-order valence-electron chi connectivity index (χ1n) is 7.17. The van der Waals surface area contributed by atoms with E-state index in [-0.39, 0.29) is 6.04 Å². The lowest BCUT2D eigenvalue weighted by Gasteiger charge is -2.18. The van der Waals surface area contributed by atoms with Gasteiger partial charge in [0.2, 0.25) is 0 Å². The summed E-state index contributed by atoms with van der Waals surface area (Å²) in [4.78, 5) is 2.77. The highest BCUT2D eigenvalue weighted by Crippen LogP contribution is 2.35. The largest absolute Gasteiger partial charge is 0.309 e. The first-order valence-corrected chi connectivity index (χ1v) is 8.37. The van der Waals surface area contributed by atoms with E-state index in [4.69, 9.17) is 11.6 Å². The molecule has 0 saturated carbocycles. The second-order valence-electron chi connectivity index (χ2n) is 5.06. The molecule has 0 spiro atoms. The SMILES string of the molecule is CCc1ccc(C(NC)c2ccc(Cl)c3ccccc23)s1. The van der Waals surface area contributed by atoms with Gasteiger partial charge in [-0.05, 0) is 42.6 Å². The second-order valence-corrected chi connectivity index (χ2v) is 6.67. The predicted octanol–water partition coefficient (Wildman–Crippen LogP) is 5.43. The zero-order valence-corrected chi connectivity index (χ0v) is 13.8. The van der Waals surface area contributed by atoms with Crippen molar-refractivity contribution in [3.05, 3.63) is 68.9 Å². The summed E-state index contributed by atoms with van der Waals surface area (Å²) < 4.78 is 0. The number of hydrogen-bond donors (Lipinski definition) is 1. The van der Waals surface area contributed by atoms with E-state index in [9.17, 15) is 0 Å². The first kappa shape index (κ1) is 14.6. The summed E-state index contributed by atoms with van der Waals surface area (Å²) in [5.74, 6) is 0. The molecule has 0 aliphatic heterocycles. The third-order valence-corrected chi connectivity index (χ3v) is 5.44. The quantitative estimate of drug-likeness (QED) is 0.677. The molecule has 2 aromatic carbocycles. The molecule has 0 saturated heterocycles. The van der Waals surface area contributed by atoms with E-state index < -0.39 is 0 Å². The first-order chi connectivity index (χ1) is 10.2. The summed E-state index contributed by atoms with van der Waals surface area (Å²) in [7, 11) is 2.01. The monoisotopic (exact) mass is 315 g/mol. The van der Waals surface area contributed by atoms with Gasteiger partial charge in [-0.15, -0.1) is 11.3 Å². The highest BCUT2D eigenvalue weighted by molar-refractivity contribution is 7.12. The van der Waals surface area contributed by atoms with Crippen LogP contribution in [0.1, 0.15) is 28.3 Å². The smallest absolute Gasteiger partial charge is 0.0674 e. The molecular formula is C18H18ClNS. The average Bonchev–Trinajstić information content (AvgIpc) is 2.99. The summed E-state index contributed by atoms with van der Waals surface area (Å²) in [5.41, 5.74) is 1.28. The Morgan fingerprint density at radius 3 is 2.48 bits per heavy atom. The molecule has 21 heavy (non-hydrogen) atoms. The minimum atomic E-state index is 0.206. The Hall–Kier alpha value is -1.35. The van der Waals surface area contributed by atoms with E-state index in [1.165, 1.54) is 20.7 Å². The van der Waals surface area contributed by atoms with Crippen LogP contribution in [-0.2, 0) is 6.42 Å². The maximum absolute atomic E-state index is 6.33. The number of halogens is 1. The van der Waals surface area contributed by atoms with Crippen molar-refractivity contribution in [3.63, 3.8) is 0 Å².